The molecule has 0 saturated heterocycles. The monoisotopic (exact) mass is 378 g/mol. The third kappa shape index (κ3) is 3.77. The lowest BCUT2D eigenvalue weighted by atomic mass is 10.0. The predicted octanol–water partition coefficient (Wildman–Crippen LogP) is 4.14. The number of nitro groups is 1. The molecule has 1 heterocycles. The minimum Gasteiger partial charge on any atom is -0.493 e. The number of halogens is 2. The number of nitro benzene ring substituents is 1. The summed E-state index contributed by atoms with van der Waals surface area (Å²) in [6, 6.07) is 8.36. The Balaban J connectivity index is 1.63. The summed E-state index contributed by atoms with van der Waals surface area (Å²) >= 11 is 6.13. The summed E-state index contributed by atoms with van der Waals surface area (Å²) < 4.78 is 19.7. The van der Waals surface area contributed by atoms with E-state index >= 15 is 0 Å². The van der Waals surface area contributed by atoms with Crippen LogP contribution in [0.3, 0.4) is 0 Å². The second-order valence-corrected chi connectivity index (χ2v) is 6.26. The number of carbonyl (C=O) groups is 1. The number of carbonyl (C=O) groups excluding carboxylic acids is 1. The summed E-state index contributed by atoms with van der Waals surface area (Å²) in [6.45, 7) is 0.519. The zero-order valence-electron chi connectivity index (χ0n) is 13.8. The van der Waals surface area contributed by atoms with E-state index in [0.717, 1.165) is 0 Å². The average molecular weight is 379 g/mol. The Kier molecular flexibility index (Phi) is 5.37. The van der Waals surface area contributed by atoms with E-state index in [1.54, 1.807) is 0 Å². The molecule has 6 nitrogen and oxygen atoms in total. The van der Waals surface area contributed by atoms with Gasteiger partial charge in [-0.3, -0.25) is 14.9 Å². The Morgan fingerprint density at radius 2 is 2.00 bits per heavy atom. The lowest BCUT2D eigenvalue weighted by Crippen LogP contribution is -2.37. The number of non-ortho nitro benzene ring substituents is 1. The molecule has 0 unspecified atom stereocenters. The highest BCUT2D eigenvalue weighted by Crippen LogP contribution is 2.35. The van der Waals surface area contributed by atoms with Crippen LogP contribution < -0.4 is 9.64 Å². The van der Waals surface area contributed by atoms with Crippen LogP contribution in [-0.2, 0) is 11.2 Å². The van der Waals surface area contributed by atoms with E-state index in [-0.39, 0.29) is 30.3 Å². The lowest BCUT2D eigenvalue weighted by molar-refractivity contribution is -0.384. The number of hydrogen-bond acceptors (Lipinski definition) is 4. The standard InChI is InChI=1S/C18H16ClFN2O4/c19-15-7-8-16(20)18-14(15)2-1-10-21(18)17(23)9-11-26-13-5-3-12(4-6-13)22(24)25/h3-8H,1-2,9-11H2. The molecule has 0 radical (unpaired) electrons. The molecule has 0 bridgehead atoms. The van der Waals surface area contributed by atoms with Gasteiger partial charge >= 0.3 is 0 Å². The zero-order chi connectivity index (χ0) is 18.7. The second kappa shape index (κ2) is 7.70. The van der Waals surface area contributed by atoms with Gasteiger partial charge in [-0.2, -0.15) is 0 Å². The van der Waals surface area contributed by atoms with E-state index in [1.807, 2.05) is 0 Å². The van der Waals surface area contributed by atoms with Crippen LogP contribution in [0.25, 0.3) is 0 Å². The molecule has 2 aromatic rings. The highest BCUT2D eigenvalue weighted by atomic mass is 35.5. The van der Waals surface area contributed by atoms with Gasteiger partial charge in [-0.25, -0.2) is 4.39 Å². The molecular formula is C18H16ClFN2O4. The molecule has 0 spiro atoms. The van der Waals surface area contributed by atoms with Gasteiger partial charge in [0.15, 0.2) is 0 Å². The fourth-order valence-corrected chi connectivity index (χ4v) is 3.19. The first-order chi connectivity index (χ1) is 12.5. The molecule has 1 amide bonds. The first-order valence-corrected chi connectivity index (χ1v) is 8.49. The van der Waals surface area contributed by atoms with E-state index in [4.69, 9.17) is 16.3 Å². The van der Waals surface area contributed by atoms with Crippen LogP contribution in [0.15, 0.2) is 36.4 Å². The SMILES string of the molecule is O=C(CCOc1ccc([N+](=O)[O-])cc1)N1CCCc2c(Cl)ccc(F)c21. The summed E-state index contributed by atoms with van der Waals surface area (Å²) in [6.07, 6.45) is 1.41. The van der Waals surface area contributed by atoms with Crippen molar-refractivity contribution in [2.45, 2.75) is 19.3 Å². The van der Waals surface area contributed by atoms with E-state index in [1.165, 1.54) is 41.3 Å². The maximum absolute atomic E-state index is 14.2. The minimum atomic E-state index is -0.499. The largest absolute Gasteiger partial charge is 0.493 e. The Labute approximate surface area is 154 Å². The third-order valence-corrected chi connectivity index (χ3v) is 4.54. The van der Waals surface area contributed by atoms with Gasteiger partial charge in [0, 0.05) is 23.7 Å². The molecule has 0 aromatic heterocycles. The molecule has 0 fully saturated rings. The summed E-state index contributed by atoms with van der Waals surface area (Å²) in [7, 11) is 0. The zero-order valence-corrected chi connectivity index (χ0v) is 14.5. The Morgan fingerprint density at radius 1 is 1.27 bits per heavy atom. The fraction of sp³-hybridized carbons (Fsp3) is 0.278. The van der Waals surface area contributed by atoms with Crippen molar-refractivity contribution in [2.75, 3.05) is 18.1 Å². The Bertz CT molecular complexity index is 842. The first-order valence-electron chi connectivity index (χ1n) is 8.12. The summed E-state index contributed by atoms with van der Waals surface area (Å²) in [5.41, 5.74) is 0.873. The van der Waals surface area contributed by atoms with Crippen molar-refractivity contribution < 1.29 is 18.8 Å². The number of amides is 1. The smallest absolute Gasteiger partial charge is 0.269 e. The molecule has 0 saturated carbocycles. The number of anilines is 1. The van der Waals surface area contributed by atoms with Crippen molar-refractivity contribution in [1.82, 2.24) is 0 Å². The first kappa shape index (κ1) is 18.1. The van der Waals surface area contributed by atoms with Gasteiger partial charge in [-0.1, -0.05) is 11.6 Å². The highest BCUT2D eigenvalue weighted by molar-refractivity contribution is 6.32. The van der Waals surface area contributed by atoms with Crippen LogP contribution in [0.5, 0.6) is 5.75 Å². The topological polar surface area (TPSA) is 72.7 Å². The number of ether oxygens (including phenoxy) is 1. The third-order valence-electron chi connectivity index (χ3n) is 4.19. The second-order valence-electron chi connectivity index (χ2n) is 5.85. The molecule has 1 aliphatic rings. The molecule has 136 valence electrons. The van der Waals surface area contributed by atoms with Crippen molar-refractivity contribution in [3.8, 4) is 5.75 Å². The van der Waals surface area contributed by atoms with Crippen LogP contribution in [0.2, 0.25) is 5.02 Å². The summed E-state index contributed by atoms with van der Waals surface area (Å²) in [5.74, 6) is -0.292. The maximum Gasteiger partial charge on any atom is 0.269 e. The molecule has 2 aromatic carbocycles. The molecule has 0 aliphatic carbocycles. The quantitative estimate of drug-likeness (QED) is 0.579. The van der Waals surface area contributed by atoms with Crippen LogP contribution in [0.1, 0.15) is 18.4 Å². The van der Waals surface area contributed by atoms with Gasteiger partial charge in [-0.05, 0) is 42.7 Å². The van der Waals surface area contributed by atoms with Crippen LogP contribution in [0, 0.1) is 15.9 Å². The van der Waals surface area contributed by atoms with Crippen molar-refractivity contribution in [3.05, 3.63) is 62.9 Å². The van der Waals surface area contributed by atoms with E-state index < -0.39 is 10.7 Å². The van der Waals surface area contributed by atoms with Gasteiger partial charge < -0.3 is 9.64 Å². The van der Waals surface area contributed by atoms with E-state index in [9.17, 15) is 19.3 Å². The average Bonchev–Trinajstić information content (AvgIpc) is 2.64. The van der Waals surface area contributed by atoms with Crippen LogP contribution in [-0.4, -0.2) is 24.0 Å². The van der Waals surface area contributed by atoms with E-state index in [0.29, 0.717) is 35.7 Å². The maximum atomic E-state index is 14.2. The van der Waals surface area contributed by atoms with Gasteiger partial charge in [0.25, 0.3) is 5.69 Å². The normalized spacial score (nSPS) is 13.2. The van der Waals surface area contributed by atoms with Crippen molar-refractivity contribution >= 4 is 28.9 Å². The number of nitrogens with zero attached hydrogens (tertiary/aromatic N) is 2. The molecule has 26 heavy (non-hydrogen) atoms. The predicted molar refractivity (Wildman–Crippen MR) is 95.3 cm³/mol. The number of rotatable bonds is 5. The lowest BCUT2D eigenvalue weighted by Gasteiger charge is -2.30. The Hall–Kier alpha value is -2.67. The molecule has 8 heteroatoms. The number of hydrogen-bond donors (Lipinski definition) is 0. The summed E-state index contributed by atoms with van der Waals surface area (Å²) in [5, 5.41) is 11.1. The van der Waals surface area contributed by atoms with Crippen LogP contribution in [0.4, 0.5) is 15.8 Å². The van der Waals surface area contributed by atoms with Crippen molar-refractivity contribution in [2.24, 2.45) is 0 Å². The van der Waals surface area contributed by atoms with Gasteiger partial charge in [0.2, 0.25) is 5.91 Å². The van der Waals surface area contributed by atoms with E-state index in [2.05, 4.69) is 0 Å². The molecular weight excluding hydrogens is 363 g/mol. The highest BCUT2D eigenvalue weighted by Gasteiger charge is 2.27. The van der Waals surface area contributed by atoms with Crippen molar-refractivity contribution in [1.29, 1.82) is 0 Å². The van der Waals surface area contributed by atoms with Crippen molar-refractivity contribution in [3.63, 3.8) is 0 Å². The molecule has 0 N–H and O–H groups in total. The minimum absolute atomic E-state index is 0.0364. The molecule has 3 rings (SSSR count). The Morgan fingerprint density at radius 3 is 2.69 bits per heavy atom. The van der Waals surface area contributed by atoms with Gasteiger partial charge in [0.1, 0.15) is 11.6 Å². The summed E-state index contributed by atoms with van der Waals surface area (Å²) in [4.78, 5) is 24.0. The number of benzene rings is 2. The number of fused-ring (bicyclic) bond motifs is 1. The fourth-order valence-electron chi connectivity index (χ4n) is 2.94. The van der Waals surface area contributed by atoms with Gasteiger partial charge in [-0.15, -0.1) is 0 Å². The van der Waals surface area contributed by atoms with Crippen LogP contribution >= 0.6 is 11.6 Å². The molecule has 1 aliphatic heterocycles. The van der Waals surface area contributed by atoms with Gasteiger partial charge in [0.05, 0.1) is 23.6 Å². The molecule has 0 atom stereocenters.